The number of benzene rings is 1. The van der Waals surface area contributed by atoms with E-state index in [1.54, 1.807) is 0 Å². The zero-order valence-electron chi connectivity index (χ0n) is 13.1. The van der Waals surface area contributed by atoms with Crippen molar-refractivity contribution in [3.05, 3.63) is 65.0 Å². The van der Waals surface area contributed by atoms with Gasteiger partial charge in [0.2, 0.25) is 0 Å². The van der Waals surface area contributed by atoms with Crippen LogP contribution in [-0.2, 0) is 5.41 Å². The molecular weight excluding hydrogens is 244 g/mol. The van der Waals surface area contributed by atoms with E-state index in [4.69, 9.17) is 0 Å². The quantitative estimate of drug-likeness (QED) is 0.910. The molecule has 0 aliphatic rings. The number of nitrogens with zero attached hydrogens (tertiary/aromatic N) is 1. The van der Waals surface area contributed by atoms with E-state index in [2.05, 4.69) is 68.3 Å². The maximum absolute atomic E-state index is 4.30. The van der Waals surface area contributed by atoms with Crippen LogP contribution >= 0.6 is 0 Å². The van der Waals surface area contributed by atoms with E-state index in [1.807, 2.05) is 19.4 Å². The molecule has 2 nitrogen and oxygen atoms in total. The van der Waals surface area contributed by atoms with Crippen molar-refractivity contribution >= 4 is 0 Å². The van der Waals surface area contributed by atoms with Crippen molar-refractivity contribution in [3.63, 3.8) is 0 Å². The second kappa shape index (κ2) is 5.76. The number of hydrogen-bond donors (Lipinski definition) is 1. The largest absolute Gasteiger partial charge is 0.309 e. The summed E-state index contributed by atoms with van der Waals surface area (Å²) in [5.74, 6) is 0. The SMILES string of the molecule is CNC(c1ccc(C(C)(C)C)cc1)c1cncc(C)c1. The molecule has 1 N–H and O–H groups in total. The van der Waals surface area contributed by atoms with Gasteiger partial charge >= 0.3 is 0 Å². The van der Waals surface area contributed by atoms with E-state index in [9.17, 15) is 0 Å². The van der Waals surface area contributed by atoms with Crippen LogP contribution in [0.3, 0.4) is 0 Å². The molecule has 1 heterocycles. The molecule has 0 fully saturated rings. The van der Waals surface area contributed by atoms with E-state index in [-0.39, 0.29) is 11.5 Å². The molecule has 0 aliphatic carbocycles. The zero-order valence-corrected chi connectivity index (χ0v) is 13.1. The van der Waals surface area contributed by atoms with Crippen LogP contribution in [0.15, 0.2) is 42.7 Å². The number of hydrogen-bond acceptors (Lipinski definition) is 2. The maximum atomic E-state index is 4.30. The molecule has 0 saturated heterocycles. The fraction of sp³-hybridized carbons (Fsp3) is 0.389. The van der Waals surface area contributed by atoms with Gasteiger partial charge in [0, 0.05) is 12.4 Å². The minimum Gasteiger partial charge on any atom is -0.309 e. The van der Waals surface area contributed by atoms with E-state index >= 15 is 0 Å². The van der Waals surface area contributed by atoms with Gasteiger partial charge in [0.25, 0.3) is 0 Å². The van der Waals surface area contributed by atoms with Crippen LogP contribution in [0.1, 0.15) is 49.1 Å². The number of pyridine rings is 1. The van der Waals surface area contributed by atoms with Crippen molar-refractivity contribution in [3.8, 4) is 0 Å². The Labute approximate surface area is 122 Å². The number of nitrogens with one attached hydrogen (secondary N) is 1. The molecule has 0 amide bonds. The average molecular weight is 268 g/mol. The second-order valence-electron chi connectivity index (χ2n) is 6.39. The number of aromatic nitrogens is 1. The van der Waals surface area contributed by atoms with Crippen LogP contribution in [-0.4, -0.2) is 12.0 Å². The van der Waals surface area contributed by atoms with E-state index in [0.717, 1.165) is 0 Å². The van der Waals surface area contributed by atoms with Crippen molar-refractivity contribution in [2.24, 2.45) is 0 Å². The number of rotatable bonds is 3. The molecule has 0 bridgehead atoms. The Morgan fingerprint density at radius 3 is 2.15 bits per heavy atom. The van der Waals surface area contributed by atoms with Gasteiger partial charge in [0.1, 0.15) is 0 Å². The fourth-order valence-electron chi connectivity index (χ4n) is 2.44. The third kappa shape index (κ3) is 3.26. The first-order valence-corrected chi connectivity index (χ1v) is 7.11. The molecule has 2 heteroatoms. The van der Waals surface area contributed by atoms with Gasteiger partial charge in [-0.05, 0) is 41.6 Å². The lowest BCUT2D eigenvalue weighted by molar-refractivity contribution is 0.589. The van der Waals surface area contributed by atoms with Crippen LogP contribution in [0.5, 0.6) is 0 Å². The zero-order chi connectivity index (χ0) is 14.8. The topological polar surface area (TPSA) is 24.9 Å². The molecule has 1 unspecified atom stereocenters. The fourth-order valence-corrected chi connectivity index (χ4v) is 2.44. The van der Waals surface area contributed by atoms with Gasteiger partial charge in [-0.1, -0.05) is 51.1 Å². The molecule has 1 atom stereocenters. The molecule has 0 spiro atoms. The Morgan fingerprint density at radius 2 is 1.65 bits per heavy atom. The maximum Gasteiger partial charge on any atom is 0.0589 e. The summed E-state index contributed by atoms with van der Waals surface area (Å²) in [5.41, 5.74) is 5.22. The summed E-state index contributed by atoms with van der Waals surface area (Å²) >= 11 is 0. The Kier molecular flexibility index (Phi) is 4.24. The van der Waals surface area contributed by atoms with Gasteiger partial charge in [-0.25, -0.2) is 0 Å². The van der Waals surface area contributed by atoms with Crippen LogP contribution in [0.2, 0.25) is 0 Å². The van der Waals surface area contributed by atoms with Gasteiger partial charge in [-0.3, -0.25) is 4.98 Å². The highest BCUT2D eigenvalue weighted by Gasteiger charge is 2.16. The monoisotopic (exact) mass is 268 g/mol. The predicted octanol–water partition coefficient (Wildman–Crippen LogP) is 4.00. The molecule has 1 aromatic carbocycles. The molecule has 106 valence electrons. The summed E-state index contributed by atoms with van der Waals surface area (Å²) in [6.07, 6.45) is 3.82. The Morgan fingerprint density at radius 1 is 1.00 bits per heavy atom. The molecule has 1 aromatic heterocycles. The molecular formula is C18H24N2. The molecule has 20 heavy (non-hydrogen) atoms. The summed E-state index contributed by atoms with van der Waals surface area (Å²) in [6.45, 7) is 8.79. The first-order valence-electron chi connectivity index (χ1n) is 7.11. The minimum atomic E-state index is 0.191. The lowest BCUT2D eigenvalue weighted by Gasteiger charge is -2.22. The second-order valence-corrected chi connectivity index (χ2v) is 6.39. The van der Waals surface area contributed by atoms with E-state index in [0.29, 0.717) is 0 Å². The highest BCUT2D eigenvalue weighted by molar-refractivity contribution is 5.35. The lowest BCUT2D eigenvalue weighted by Crippen LogP contribution is -2.18. The standard InChI is InChI=1S/C18H24N2/c1-13-10-15(12-20-11-13)17(19-5)14-6-8-16(9-7-14)18(2,3)4/h6-12,17,19H,1-5H3. The summed E-state index contributed by atoms with van der Waals surface area (Å²) in [4.78, 5) is 4.30. The van der Waals surface area contributed by atoms with Crippen molar-refractivity contribution in [1.29, 1.82) is 0 Å². The molecule has 2 rings (SSSR count). The Hall–Kier alpha value is -1.67. The van der Waals surface area contributed by atoms with E-state index in [1.165, 1.54) is 22.3 Å². The van der Waals surface area contributed by atoms with Crippen LogP contribution in [0.4, 0.5) is 0 Å². The van der Waals surface area contributed by atoms with Gasteiger partial charge in [0.05, 0.1) is 6.04 Å². The third-order valence-electron chi connectivity index (χ3n) is 3.63. The Bertz CT molecular complexity index is 565. The van der Waals surface area contributed by atoms with Gasteiger partial charge in [-0.15, -0.1) is 0 Å². The van der Waals surface area contributed by atoms with Crippen LogP contribution < -0.4 is 5.32 Å². The van der Waals surface area contributed by atoms with Gasteiger partial charge < -0.3 is 5.32 Å². The lowest BCUT2D eigenvalue weighted by atomic mass is 9.86. The van der Waals surface area contributed by atoms with Crippen molar-refractivity contribution in [1.82, 2.24) is 10.3 Å². The summed E-state index contributed by atoms with van der Waals surface area (Å²) < 4.78 is 0. The van der Waals surface area contributed by atoms with Gasteiger partial charge in [-0.2, -0.15) is 0 Å². The van der Waals surface area contributed by atoms with Crippen LogP contribution in [0.25, 0.3) is 0 Å². The normalized spacial score (nSPS) is 13.2. The first-order chi connectivity index (χ1) is 9.41. The Balaban J connectivity index is 2.33. The highest BCUT2D eigenvalue weighted by Crippen LogP contribution is 2.26. The minimum absolute atomic E-state index is 0.191. The summed E-state index contributed by atoms with van der Waals surface area (Å²) in [7, 11) is 1.99. The number of aryl methyl sites for hydroxylation is 1. The average Bonchev–Trinajstić information content (AvgIpc) is 2.39. The highest BCUT2D eigenvalue weighted by atomic mass is 14.9. The molecule has 0 radical (unpaired) electrons. The van der Waals surface area contributed by atoms with E-state index < -0.39 is 0 Å². The molecule has 0 aliphatic heterocycles. The molecule has 0 saturated carbocycles. The smallest absolute Gasteiger partial charge is 0.0589 e. The summed E-state index contributed by atoms with van der Waals surface area (Å²) in [6, 6.07) is 11.3. The first kappa shape index (κ1) is 14.7. The third-order valence-corrected chi connectivity index (χ3v) is 3.63. The van der Waals surface area contributed by atoms with Crippen molar-refractivity contribution < 1.29 is 0 Å². The predicted molar refractivity (Wildman–Crippen MR) is 85.0 cm³/mol. The van der Waals surface area contributed by atoms with Gasteiger partial charge in [0.15, 0.2) is 0 Å². The summed E-state index contributed by atoms with van der Waals surface area (Å²) in [5, 5.41) is 3.38. The van der Waals surface area contributed by atoms with Crippen molar-refractivity contribution in [2.75, 3.05) is 7.05 Å². The van der Waals surface area contributed by atoms with Crippen molar-refractivity contribution in [2.45, 2.75) is 39.2 Å². The van der Waals surface area contributed by atoms with Crippen LogP contribution in [0, 0.1) is 6.92 Å². The molecule has 2 aromatic rings.